The van der Waals surface area contributed by atoms with Crippen molar-refractivity contribution in [3.8, 4) is 22.5 Å². The number of aryl methyl sites for hydroxylation is 1. The van der Waals surface area contributed by atoms with Crippen LogP contribution in [0.4, 0.5) is 4.39 Å². The Morgan fingerprint density at radius 1 is 1.13 bits per heavy atom. The standard InChI is InChI=1S/C20H18FN5O3S/c1-30(28,29)20-22-8-7-17(23-20)16-11-14-12-26(9-2-10-27)25-19(14)24-18(16)13-3-5-15(21)6-4-13/h3-8,11-12,27H,2,9-10H2,1H3. The van der Waals surface area contributed by atoms with E-state index in [4.69, 9.17) is 5.11 Å². The molecule has 0 saturated carbocycles. The first kappa shape index (κ1) is 20.0. The number of halogens is 1. The maximum Gasteiger partial charge on any atom is 0.247 e. The zero-order valence-corrected chi connectivity index (χ0v) is 16.8. The Bertz CT molecular complexity index is 1320. The number of nitrogens with zero attached hydrogens (tertiary/aromatic N) is 5. The van der Waals surface area contributed by atoms with E-state index in [1.807, 2.05) is 6.07 Å². The van der Waals surface area contributed by atoms with Crippen molar-refractivity contribution in [3.63, 3.8) is 0 Å². The highest BCUT2D eigenvalue weighted by Gasteiger charge is 2.18. The second-order valence-electron chi connectivity index (χ2n) is 6.77. The second kappa shape index (κ2) is 7.88. The number of pyridine rings is 1. The molecule has 3 heterocycles. The molecule has 0 atom stereocenters. The van der Waals surface area contributed by atoms with Crippen LogP contribution in [0, 0.1) is 5.82 Å². The summed E-state index contributed by atoms with van der Waals surface area (Å²) in [5.41, 5.74) is 2.56. The van der Waals surface area contributed by atoms with Crippen molar-refractivity contribution >= 4 is 20.9 Å². The molecule has 4 rings (SSSR count). The van der Waals surface area contributed by atoms with Crippen LogP contribution in [0.5, 0.6) is 0 Å². The first-order valence-corrected chi connectivity index (χ1v) is 11.0. The van der Waals surface area contributed by atoms with Gasteiger partial charge in [0.2, 0.25) is 15.0 Å². The van der Waals surface area contributed by atoms with Gasteiger partial charge in [-0.25, -0.2) is 27.8 Å². The lowest BCUT2D eigenvalue weighted by Gasteiger charge is -2.09. The molecule has 30 heavy (non-hydrogen) atoms. The fourth-order valence-corrected chi connectivity index (χ4v) is 3.56. The summed E-state index contributed by atoms with van der Waals surface area (Å²) in [7, 11) is -3.60. The highest BCUT2D eigenvalue weighted by molar-refractivity contribution is 7.90. The lowest BCUT2D eigenvalue weighted by atomic mass is 10.0. The highest BCUT2D eigenvalue weighted by atomic mass is 32.2. The van der Waals surface area contributed by atoms with Gasteiger partial charge in [-0.1, -0.05) is 0 Å². The van der Waals surface area contributed by atoms with Crippen molar-refractivity contribution in [1.29, 1.82) is 0 Å². The van der Waals surface area contributed by atoms with Gasteiger partial charge in [-0.15, -0.1) is 0 Å². The molecule has 0 radical (unpaired) electrons. The lowest BCUT2D eigenvalue weighted by molar-refractivity contribution is 0.277. The van der Waals surface area contributed by atoms with Gasteiger partial charge >= 0.3 is 0 Å². The number of fused-ring (bicyclic) bond motifs is 1. The smallest absolute Gasteiger partial charge is 0.247 e. The van der Waals surface area contributed by atoms with Crippen molar-refractivity contribution in [3.05, 3.63) is 54.6 Å². The average molecular weight is 427 g/mol. The molecular weight excluding hydrogens is 409 g/mol. The summed E-state index contributed by atoms with van der Waals surface area (Å²) in [5.74, 6) is -0.379. The molecule has 0 fully saturated rings. The van der Waals surface area contributed by atoms with Gasteiger partial charge in [-0.05, 0) is 42.8 Å². The number of hydrogen-bond acceptors (Lipinski definition) is 7. The molecule has 4 aromatic rings. The second-order valence-corrected chi connectivity index (χ2v) is 8.68. The van der Waals surface area contributed by atoms with Gasteiger partial charge in [-0.3, -0.25) is 4.68 Å². The first-order chi connectivity index (χ1) is 14.3. The van der Waals surface area contributed by atoms with E-state index in [2.05, 4.69) is 20.1 Å². The van der Waals surface area contributed by atoms with Gasteiger partial charge in [0.1, 0.15) is 5.82 Å². The van der Waals surface area contributed by atoms with Gasteiger partial charge < -0.3 is 5.11 Å². The summed E-state index contributed by atoms with van der Waals surface area (Å²) in [6.07, 6.45) is 4.77. The fraction of sp³-hybridized carbons (Fsp3) is 0.200. The molecule has 8 nitrogen and oxygen atoms in total. The topological polar surface area (TPSA) is 111 Å². The molecule has 154 valence electrons. The van der Waals surface area contributed by atoms with E-state index in [0.29, 0.717) is 41.1 Å². The molecule has 1 aromatic carbocycles. The number of aromatic nitrogens is 5. The maximum atomic E-state index is 13.4. The largest absolute Gasteiger partial charge is 0.396 e. The minimum Gasteiger partial charge on any atom is -0.396 e. The molecule has 10 heteroatoms. The minimum absolute atomic E-state index is 0.0465. The SMILES string of the molecule is CS(=O)(=O)c1nccc(-c2cc3cn(CCCO)nc3nc2-c2ccc(F)cc2)n1. The van der Waals surface area contributed by atoms with E-state index in [0.717, 1.165) is 11.6 Å². The maximum absolute atomic E-state index is 13.4. The van der Waals surface area contributed by atoms with Crippen LogP contribution in [0.15, 0.2) is 53.9 Å². The number of rotatable bonds is 6. The van der Waals surface area contributed by atoms with Crippen LogP contribution < -0.4 is 0 Å². The van der Waals surface area contributed by atoms with Crippen LogP contribution in [0.2, 0.25) is 0 Å². The predicted octanol–water partition coefficient (Wildman–Crippen LogP) is 2.48. The van der Waals surface area contributed by atoms with E-state index < -0.39 is 9.84 Å². The third-order valence-corrected chi connectivity index (χ3v) is 5.31. The monoisotopic (exact) mass is 427 g/mol. The molecule has 0 bridgehead atoms. The summed E-state index contributed by atoms with van der Waals surface area (Å²) >= 11 is 0. The number of aliphatic hydroxyl groups excluding tert-OH is 1. The van der Waals surface area contributed by atoms with Gasteiger partial charge in [0.05, 0.1) is 11.4 Å². The Morgan fingerprint density at radius 3 is 2.60 bits per heavy atom. The van der Waals surface area contributed by atoms with E-state index in [1.165, 1.54) is 18.3 Å². The highest BCUT2D eigenvalue weighted by Crippen LogP contribution is 2.32. The normalized spacial score (nSPS) is 11.8. The number of sulfone groups is 1. The molecule has 0 spiro atoms. The predicted molar refractivity (Wildman–Crippen MR) is 109 cm³/mol. The Morgan fingerprint density at radius 2 is 1.90 bits per heavy atom. The van der Waals surface area contributed by atoms with Crippen molar-refractivity contribution < 1.29 is 17.9 Å². The molecule has 0 aliphatic rings. The summed E-state index contributed by atoms with van der Waals surface area (Å²) in [6.45, 7) is 0.574. The number of benzene rings is 1. The van der Waals surface area contributed by atoms with Crippen molar-refractivity contribution in [2.75, 3.05) is 12.9 Å². The zero-order chi connectivity index (χ0) is 21.3. The van der Waals surface area contributed by atoms with Gasteiger partial charge in [0, 0.05) is 48.3 Å². The Balaban J connectivity index is 1.93. The van der Waals surface area contributed by atoms with Gasteiger partial charge in [-0.2, -0.15) is 5.10 Å². The van der Waals surface area contributed by atoms with E-state index in [1.54, 1.807) is 29.1 Å². The Labute approximate surface area is 172 Å². The molecular formula is C20H18FN5O3S. The van der Waals surface area contributed by atoms with E-state index >= 15 is 0 Å². The molecule has 1 N–H and O–H groups in total. The number of hydrogen-bond donors (Lipinski definition) is 1. The number of aliphatic hydroxyl groups is 1. The van der Waals surface area contributed by atoms with Crippen LogP contribution in [0.1, 0.15) is 6.42 Å². The third-order valence-electron chi connectivity index (χ3n) is 4.45. The molecule has 0 saturated heterocycles. The molecule has 3 aromatic heterocycles. The van der Waals surface area contributed by atoms with Crippen molar-refractivity contribution in [1.82, 2.24) is 24.7 Å². The minimum atomic E-state index is -3.60. The van der Waals surface area contributed by atoms with Crippen LogP contribution in [-0.2, 0) is 16.4 Å². The Hall–Kier alpha value is -3.24. The van der Waals surface area contributed by atoms with Gasteiger partial charge in [0.15, 0.2) is 5.65 Å². The summed E-state index contributed by atoms with van der Waals surface area (Å²) in [6, 6.07) is 9.25. The van der Waals surface area contributed by atoms with Crippen molar-refractivity contribution in [2.45, 2.75) is 18.1 Å². The van der Waals surface area contributed by atoms with Crippen LogP contribution in [-0.4, -0.2) is 51.1 Å². The summed E-state index contributed by atoms with van der Waals surface area (Å²) in [5, 5.41) is 13.9. The van der Waals surface area contributed by atoms with Crippen molar-refractivity contribution in [2.24, 2.45) is 0 Å². The first-order valence-electron chi connectivity index (χ1n) is 9.13. The molecule has 0 unspecified atom stereocenters. The average Bonchev–Trinajstić information content (AvgIpc) is 3.13. The fourth-order valence-electron chi connectivity index (χ4n) is 3.05. The molecule has 0 amide bonds. The third kappa shape index (κ3) is 4.05. The summed E-state index contributed by atoms with van der Waals surface area (Å²) < 4.78 is 38.9. The zero-order valence-electron chi connectivity index (χ0n) is 16.0. The lowest BCUT2D eigenvalue weighted by Crippen LogP contribution is -2.04. The Kier molecular flexibility index (Phi) is 5.27. The van der Waals surface area contributed by atoms with Crippen LogP contribution in [0.3, 0.4) is 0 Å². The van der Waals surface area contributed by atoms with E-state index in [9.17, 15) is 12.8 Å². The van der Waals surface area contributed by atoms with E-state index in [-0.39, 0.29) is 17.6 Å². The van der Waals surface area contributed by atoms with Crippen LogP contribution >= 0.6 is 0 Å². The molecule has 0 aliphatic carbocycles. The van der Waals surface area contributed by atoms with Crippen LogP contribution in [0.25, 0.3) is 33.5 Å². The molecule has 0 aliphatic heterocycles. The summed E-state index contributed by atoms with van der Waals surface area (Å²) in [4.78, 5) is 12.7. The van der Waals surface area contributed by atoms with Gasteiger partial charge in [0.25, 0.3) is 0 Å². The quantitative estimate of drug-likeness (QED) is 0.471.